The highest BCUT2D eigenvalue weighted by Crippen LogP contribution is 2.11. The van der Waals surface area contributed by atoms with Crippen LogP contribution in [0.3, 0.4) is 0 Å². The highest BCUT2D eigenvalue weighted by molar-refractivity contribution is 7.88. The monoisotopic (exact) mass is 305 g/mol. The first-order valence-corrected chi connectivity index (χ1v) is 7.39. The van der Waals surface area contributed by atoms with Crippen molar-refractivity contribution in [1.82, 2.24) is 4.31 Å². The SMILES string of the molecule is COCCN(CC(=O)O)S(=O)(=O)Cc1ccc(F)cc1. The van der Waals surface area contributed by atoms with Crippen LogP contribution in [0.15, 0.2) is 24.3 Å². The number of methoxy groups -OCH3 is 1. The summed E-state index contributed by atoms with van der Waals surface area (Å²) in [5.41, 5.74) is 0.388. The number of carboxylic acids is 1. The lowest BCUT2D eigenvalue weighted by atomic mass is 10.2. The van der Waals surface area contributed by atoms with Crippen molar-refractivity contribution in [2.75, 3.05) is 26.8 Å². The molecule has 0 saturated heterocycles. The van der Waals surface area contributed by atoms with Gasteiger partial charge in [0.05, 0.1) is 12.4 Å². The van der Waals surface area contributed by atoms with Crippen LogP contribution in [0.25, 0.3) is 0 Å². The Balaban J connectivity index is 2.85. The quantitative estimate of drug-likeness (QED) is 0.764. The molecule has 1 aromatic carbocycles. The summed E-state index contributed by atoms with van der Waals surface area (Å²) in [6, 6.07) is 5.01. The number of rotatable bonds is 8. The standard InChI is InChI=1S/C12H16FNO5S/c1-19-7-6-14(8-12(15)16)20(17,18)9-10-2-4-11(13)5-3-10/h2-5H,6-9H2,1H3,(H,15,16). The average molecular weight is 305 g/mol. The van der Waals surface area contributed by atoms with E-state index in [-0.39, 0.29) is 18.9 Å². The average Bonchev–Trinajstić information content (AvgIpc) is 2.36. The second kappa shape index (κ2) is 7.32. The molecule has 20 heavy (non-hydrogen) atoms. The van der Waals surface area contributed by atoms with Gasteiger partial charge in [-0.25, -0.2) is 12.8 Å². The van der Waals surface area contributed by atoms with Gasteiger partial charge in [-0.1, -0.05) is 12.1 Å². The zero-order chi connectivity index (χ0) is 15.2. The van der Waals surface area contributed by atoms with Crippen molar-refractivity contribution in [2.45, 2.75) is 5.75 Å². The van der Waals surface area contributed by atoms with Gasteiger partial charge < -0.3 is 9.84 Å². The molecule has 0 unspecified atom stereocenters. The van der Waals surface area contributed by atoms with E-state index in [1.807, 2.05) is 0 Å². The third-order valence-electron chi connectivity index (χ3n) is 2.51. The van der Waals surface area contributed by atoms with Gasteiger partial charge in [-0.15, -0.1) is 0 Å². The lowest BCUT2D eigenvalue weighted by Gasteiger charge is -2.19. The molecule has 0 aliphatic carbocycles. The molecule has 112 valence electrons. The molecule has 0 aromatic heterocycles. The van der Waals surface area contributed by atoms with Gasteiger partial charge in [-0.3, -0.25) is 4.79 Å². The van der Waals surface area contributed by atoms with Gasteiger partial charge in [0.1, 0.15) is 12.4 Å². The Hall–Kier alpha value is -1.51. The second-order valence-corrected chi connectivity index (χ2v) is 6.07. The minimum Gasteiger partial charge on any atom is -0.480 e. The smallest absolute Gasteiger partial charge is 0.318 e. The van der Waals surface area contributed by atoms with Crippen molar-refractivity contribution in [3.8, 4) is 0 Å². The van der Waals surface area contributed by atoms with Crippen molar-refractivity contribution in [3.05, 3.63) is 35.6 Å². The zero-order valence-electron chi connectivity index (χ0n) is 11.0. The summed E-state index contributed by atoms with van der Waals surface area (Å²) in [4.78, 5) is 10.7. The Morgan fingerprint density at radius 3 is 2.45 bits per heavy atom. The topological polar surface area (TPSA) is 83.9 Å². The Kier molecular flexibility index (Phi) is 6.05. The molecule has 0 amide bonds. The predicted molar refractivity (Wildman–Crippen MR) is 70.1 cm³/mol. The number of sulfonamides is 1. The maximum Gasteiger partial charge on any atom is 0.318 e. The van der Waals surface area contributed by atoms with Gasteiger partial charge in [0.2, 0.25) is 10.0 Å². The van der Waals surface area contributed by atoms with Crippen molar-refractivity contribution in [2.24, 2.45) is 0 Å². The minimum atomic E-state index is -3.81. The van der Waals surface area contributed by atoms with Crippen LogP contribution >= 0.6 is 0 Å². The van der Waals surface area contributed by atoms with E-state index < -0.39 is 28.4 Å². The van der Waals surface area contributed by atoms with Gasteiger partial charge in [0.15, 0.2) is 0 Å². The van der Waals surface area contributed by atoms with Gasteiger partial charge in [-0.05, 0) is 17.7 Å². The number of aliphatic carboxylic acids is 1. The predicted octanol–water partition coefficient (Wildman–Crippen LogP) is 0.689. The Morgan fingerprint density at radius 2 is 1.95 bits per heavy atom. The van der Waals surface area contributed by atoms with E-state index in [2.05, 4.69) is 0 Å². The third-order valence-corrected chi connectivity index (χ3v) is 4.31. The van der Waals surface area contributed by atoms with Crippen molar-refractivity contribution < 1.29 is 27.4 Å². The van der Waals surface area contributed by atoms with Crippen LogP contribution in [-0.2, 0) is 25.3 Å². The van der Waals surface area contributed by atoms with Gasteiger partial charge in [-0.2, -0.15) is 4.31 Å². The molecule has 0 spiro atoms. The maximum absolute atomic E-state index is 12.8. The number of nitrogens with zero attached hydrogens (tertiary/aromatic N) is 1. The molecule has 8 heteroatoms. The molecule has 0 aliphatic heterocycles. The minimum absolute atomic E-state index is 0.0493. The van der Waals surface area contributed by atoms with Gasteiger partial charge in [0.25, 0.3) is 0 Å². The van der Waals surface area contributed by atoms with E-state index in [0.29, 0.717) is 5.56 Å². The first kappa shape index (κ1) is 16.5. The number of benzene rings is 1. The lowest BCUT2D eigenvalue weighted by molar-refractivity contribution is -0.137. The van der Waals surface area contributed by atoms with Crippen LogP contribution in [-0.4, -0.2) is 50.6 Å². The molecule has 0 fully saturated rings. The first-order valence-electron chi connectivity index (χ1n) is 5.78. The normalized spacial score (nSPS) is 11.8. The first-order chi connectivity index (χ1) is 9.35. The Morgan fingerprint density at radius 1 is 1.35 bits per heavy atom. The van der Waals surface area contributed by atoms with Crippen molar-refractivity contribution in [3.63, 3.8) is 0 Å². The van der Waals surface area contributed by atoms with Gasteiger partial charge >= 0.3 is 5.97 Å². The number of carbonyl (C=O) groups is 1. The molecule has 0 saturated carbocycles. The largest absolute Gasteiger partial charge is 0.480 e. The van der Waals surface area contributed by atoms with Crippen molar-refractivity contribution in [1.29, 1.82) is 0 Å². The van der Waals surface area contributed by atoms with E-state index in [9.17, 15) is 17.6 Å². The highest BCUT2D eigenvalue weighted by atomic mass is 32.2. The van der Waals surface area contributed by atoms with Crippen LogP contribution in [0.5, 0.6) is 0 Å². The maximum atomic E-state index is 12.8. The highest BCUT2D eigenvalue weighted by Gasteiger charge is 2.24. The fraction of sp³-hybridized carbons (Fsp3) is 0.417. The molecular weight excluding hydrogens is 289 g/mol. The van der Waals surface area contributed by atoms with Gasteiger partial charge in [0, 0.05) is 13.7 Å². The van der Waals surface area contributed by atoms with Crippen LogP contribution in [0.4, 0.5) is 4.39 Å². The summed E-state index contributed by atoms with van der Waals surface area (Å²) < 4.78 is 42.6. The molecule has 0 aliphatic rings. The number of ether oxygens (including phenoxy) is 1. The van der Waals surface area contributed by atoms with E-state index in [1.54, 1.807) is 0 Å². The van der Waals surface area contributed by atoms with Crippen LogP contribution in [0, 0.1) is 5.82 Å². The molecule has 0 radical (unpaired) electrons. The summed E-state index contributed by atoms with van der Waals surface area (Å²) in [7, 11) is -2.41. The number of hydrogen-bond donors (Lipinski definition) is 1. The van der Waals surface area contributed by atoms with Crippen molar-refractivity contribution >= 4 is 16.0 Å². The molecule has 1 N–H and O–H groups in total. The van der Waals surface area contributed by atoms with Crippen LogP contribution in [0.1, 0.15) is 5.56 Å². The zero-order valence-corrected chi connectivity index (χ0v) is 11.8. The lowest BCUT2D eigenvalue weighted by Crippen LogP contribution is -2.38. The van der Waals surface area contributed by atoms with E-state index in [4.69, 9.17) is 9.84 Å². The summed E-state index contributed by atoms with van der Waals surface area (Å²) in [5, 5.41) is 8.75. The Labute approximate surface area is 116 Å². The fourth-order valence-corrected chi connectivity index (χ4v) is 3.00. The molecule has 0 bridgehead atoms. The van der Waals surface area contributed by atoms with E-state index >= 15 is 0 Å². The van der Waals surface area contributed by atoms with Crippen LogP contribution in [0.2, 0.25) is 0 Å². The summed E-state index contributed by atoms with van der Waals surface area (Å²) in [6.07, 6.45) is 0. The summed E-state index contributed by atoms with van der Waals surface area (Å²) >= 11 is 0. The van der Waals surface area contributed by atoms with E-state index in [0.717, 1.165) is 16.4 Å². The number of hydrogen-bond acceptors (Lipinski definition) is 4. The molecule has 0 atom stereocenters. The molecular formula is C12H16FNO5S. The number of halogens is 1. The summed E-state index contributed by atoms with van der Waals surface area (Å²) in [5.74, 6) is -2.10. The molecule has 6 nitrogen and oxygen atoms in total. The third kappa shape index (κ3) is 5.24. The summed E-state index contributed by atoms with van der Waals surface area (Å²) in [6.45, 7) is -0.588. The Bertz CT molecular complexity index is 543. The molecule has 0 heterocycles. The molecule has 1 rings (SSSR count). The molecule has 1 aromatic rings. The fourth-order valence-electron chi connectivity index (χ4n) is 1.54. The second-order valence-electron chi connectivity index (χ2n) is 4.10. The number of carboxylic acid groups (broad SMARTS) is 1. The van der Waals surface area contributed by atoms with E-state index in [1.165, 1.54) is 19.2 Å². The van der Waals surface area contributed by atoms with Crippen LogP contribution < -0.4 is 0 Å².